The van der Waals surface area contributed by atoms with Crippen LogP contribution in [-0.4, -0.2) is 33.4 Å². The molecule has 0 N–H and O–H groups in total. The monoisotopic (exact) mass is 363 g/mol. The Labute approximate surface area is 145 Å². The van der Waals surface area contributed by atoms with E-state index >= 15 is 0 Å². The maximum atomic E-state index is 14.5. The van der Waals surface area contributed by atoms with Gasteiger partial charge in [-0.25, -0.2) is 17.6 Å². The van der Waals surface area contributed by atoms with Gasteiger partial charge in [-0.3, -0.25) is 4.90 Å². The number of nitrogens with zero attached hydrogens (tertiary/aromatic N) is 1. The van der Waals surface area contributed by atoms with Gasteiger partial charge < -0.3 is 4.74 Å². The zero-order valence-electron chi connectivity index (χ0n) is 13.9. The van der Waals surface area contributed by atoms with Crippen molar-refractivity contribution in [2.24, 2.45) is 0 Å². The summed E-state index contributed by atoms with van der Waals surface area (Å²) in [5, 5.41) is 0. The van der Waals surface area contributed by atoms with E-state index in [1.807, 2.05) is 6.92 Å². The first-order chi connectivity index (χ1) is 11.8. The quantitative estimate of drug-likeness (QED) is 0.832. The first-order valence-electron chi connectivity index (χ1n) is 7.88. The molecule has 0 aromatic heterocycles. The summed E-state index contributed by atoms with van der Waals surface area (Å²) in [6.45, 7) is 2.32. The molecule has 1 aliphatic rings. The van der Waals surface area contributed by atoms with Crippen molar-refractivity contribution in [3.8, 4) is 11.1 Å². The van der Waals surface area contributed by atoms with Crippen molar-refractivity contribution >= 4 is 21.6 Å². The summed E-state index contributed by atoms with van der Waals surface area (Å²) >= 11 is 0. The number of carbonyl (C=O) groups excluding carboxylic acids is 1. The predicted octanol–water partition coefficient (Wildman–Crippen LogP) is 3.63. The fourth-order valence-corrected chi connectivity index (χ4v) is 3.36. The van der Waals surface area contributed by atoms with Crippen molar-refractivity contribution in [3.63, 3.8) is 0 Å². The van der Waals surface area contributed by atoms with Crippen LogP contribution in [0, 0.1) is 5.82 Å². The summed E-state index contributed by atoms with van der Waals surface area (Å²) in [5.74, 6) is -0.489. The molecule has 7 heteroatoms. The van der Waals surface area contributed by atoms with Gasteiger partial charge in [0.25, 0.3) is 0 Å². The summed E-state index contributed by atoms with van der Waals surface area (Å²) in [6.07, 6.45) is 1.17. The number of carbonyl (C=O) groups is 1. The zero-order valence-corrected chi connectivity index (χ0v) is 14.7. The Morgan fingerprint density at radius 2 is 1.88 bits per heavy atom. The number of rotatable bonds is 4. The van der Waals surface area contributed by atoms with Crippen LogP contribution in [-0.2, 0) is 14.6 Å². The Balaban J connectivity index is 1.89. The third-order valence-electron chi connectivity index (χ3n) is 4.19. The third kappa shape index (κ3) is 3.51. The van der Waals surface area contributed by atoms with Crippen molar-refractivity contribution in [3.05, 3.63) is 48.3 Å². The average Bonchev–Trinajstić information content (AvgIpc) is 2.95. The minimum Gasteiger partial charge on any atom is -0.444 e. The first kappa shape index (κ1) is 17.4. The van der Waals surface area contributed by atoms with Gasteiger partial charge in [-0.1, -0.05) is 19.1 Å². The van der Waals surface area contributed by atoms with E-state index in [-0.39, 0.29) is 11.0 Å². The van der Waals surface area contributed by atoms with Crippen LogP contribution in [0.5, 0.6) is 0 Å². The van der Waals surface area contributed by atoms with E-state index in [1.54, 1.807) is 24.3 Å². The first-order valence-corrected chi connectivity index (χ1v) is 9.77. The van der Waals surface area contributed by atoms with Crippen LogP contribution in [0.15, 0.2) is 47.4 Å². The van der Waals surface area contributed by atoms with Crippen molar-refractivity contribution in [1.82, 2.24) is 0 Å². The van der Waals surface area contributed by atoms with Gasteiger partial charge >= 0.3 is 6.09 Å². The molecule has 1 amide bonds. The summed E-state index contributed by atoms with van der Waals surface area (Å²) in [4.78, 5) is 13.5. The van der Waals surface area contributed by atoms with E-state index in [1.165, 1.54) is 23.1 Å². The second-order valence-electron chi connectivity index (χ2n) is 5.99. The van der Waals surface area contributed by atoms with Crippen LogP contribution in [0.25, 0.3) is 11.1 Å². The summed E-state index contributed by atoms with van der Waals surface area (Å²) in [5.41, 5.74) is 1.34. The lowest BCUT2D eigenvalue weighted by atomic mass is 10.0. The largest absolute Gasteiger partial charge is 0.444 e. The van der Waals surface area contributed by atoms with E-state index in [2.05, 4.69) is 0 Å². The molecule has 5 nitrogen and oxygen atoms in total. The van der Waals surface area contributed by atoms with E-state index < -0.39 is 21.7 Å². The lowest BCUT2D eigenvalue weighted by molar-refractivity contribution is 0.139. The third-order valence-corrected chi connectivity index (χ3v) is 5.32. The molecule has 3 rings (SSSR count). The van der Waals surface area contributed by atoms with Crippen molar-refractivity contribution < 1.29 is 22.3 Å². The lowest BCUT2D eigenvalue weighted by Crippen LogP contribution is -2.24. The molecule has 1 fully saturated rings. The lowest BCUT2D eigenvalue weighted by Gasteiger charge is -2.14. The van der Waals surface area contributed by atoms with Crippen molar-refractivity contribution in [1.29, 1.82) is 0 Å². The average molecular weight is 363 g/mol. The second kappa shape index (κ2) is 6.48. The number of hydrogen-bond acceptors (Lipinski definition) is 4. The van der Waals surface area contributed by atoms with Gasteiger partial charge in [0.1, 0.15) is 11.9 Å². The van der Waals surface area contributed by atoms with Crippen molar-refractivity contribution in [2.75, 3.05) is 17.7 Å². The smallest absolute Gasteiger partial charge is 0.414 e. The molecule has 1 atom stereocenters. The Kier molecular flexibility index (Phi) is 4.51. The minimum atomic E-state index is -3.30. The molecule has 1 saturated heterocycles. The van der Waals surface area contributed by atoms with E-state index in [0.29, 0.717) is 29.8 Å². The highest BCUT2D eigenvalue weighted by molar-refractivity contribution is 7.90. The maximum Gasteiger partial charge on any atom is 0.414 e. The fraction of sp³-hybridized carbons (Fsp3) is 0.278. The van der Waals surface area contributed by atoms with Crippen LogP contribution >= 0.6 is 0 Å². The Morgan fingerprint density at radius 1 is 1.20 bits per heavy atom. The normalized spacial score (nSPS) is 17.6. The summed E-state index contributed by atoms with van der Waals surface area (Å²) < 4.78 is 42.7. The Morgan fingerprint density at radius 3 is 2.40 bits per heavy atom. The standard InChI is InChI=1S/C18H18FNO4S/c1-3-14-11-20(18(21)24-14)13-6-9-16(17(19)10-13)12-4-7-15(8-5-12)25(2,22)23/h4-10,14H,3,11H2,1-2H3. The highest BCUT2D eigenvalue weighted by Crippen LogP contribution is 2.30. The van der Waals surface area contributed by atoms with E-state index in [4.69, 9.17) is 4.74 Å². The molecule has 2 aromatic carbocycles. The molecule has 1 unspecified atom stereocenters. The molecule has 0 bridgehead atoms. The number of anilines is 1. The number of hydrogen-bond donors (Lipinski definition) is 0. The molecule has 0 radical (unpaired) electrons. The summed E-state index contributed by atoms with van der Waals surface area (Å²) in [7, 11) is -3.30. The van der Waals surface area contributed by atoms with Crippen LogP contribution in [0.4, 0.5) is 14.9 Å². The van der Waals surface area contributed by atoms with Crippen LogP contribution in [0.3, 0.4) is 0 Å². The van der Waals surface area contributed by atoms with Gasteiger partial charge in [0.2, 0.25) is 0 Å². The summed E-state index contributed by atoms with van der Waals surface area (Å²) in [6, 6.07) is 10.5. The highest BCUT2D eigenvalue weighted by atomic mass is 32.2. The zero-order chi connectivity index (χ0) is 18.2. The molecular formula is C18H18FNO4S. The van der Waals surface area contributed by atoms with Gasteiger partial charge in [-0.05, 0) is 42.3 Å². The maximum absolute atomic E-state index is 14.5. The number of benzene rings is 2. The van der Waals surface area contributed by atoms with Crippen molar-refractivity contribution in [2.45, 2.75) is 24.3 Å². The van der Waals surface area contributed by atoms with E-state index in [0.717, 1.165) is 6.26 Å². The SMILES string of the molecule is CCC1CN(c2ccc(-c3ccc(S(C)(=O)=O)cc3)c(F)c2)C(=O)O1. The van der Waals surface area contributed by atoms with Gasteiger partial charge in [-0.2, -0.15) is 0 Å². The van der Waals surface area contributed by atoms with Crippen LogP contribution < -0.4 is 4.90 Å². The number of cyclic esters (lactones) is 1. The Hall–Kier alpha value is -2.41. The molecule has 0 saturated carbocycles. The number of amides is 1. The van der Waals surface area contributed by atoms with Gasteiger partial charge in [0.15, 0.2) is 9.84 Å². The van der Waals surface area contributed by atoms with Gasteiger partial charge in [-0.15, -0.1) is 0 Å². The predicted molar refractivity (Wildman–Crippen MR) is 92.9 cm³/mol. The fourth-order valence-electron chi connectivity index (χ4n) is 2.73. The number of sulfone groups is 1. The van der Waals surface area contributed by atoms with Gasteiger partial charge in [0, 0.05) is 11.8 Å². The molecular weight excluding hydrogens is 345 g/mol. The van der Waals surface area contributed by atoms with E-state index in [9.17, 15) is 17.6 Å². The molecule has 0 aliphatic carbocycles. The molecule has 132 valence electrons. The molecule has 1 heterocycles. The molecule has 1 aliphatic heterocycles. The van der Waals surface area contributed by atoms with Gasteiger partial charge in [0.05, 0.1) is 17.1 Å². The number of ether oxygens (including phenoxy) is 1. The topological polar surface area (TPSA) is 63.7 Å². The molecule has 25 heavy (non-hydrogen) atoms. The van der Waals surface area contributed by atoms with Crippen LogP contribution in [0.2, 0.25) is 0 Å². The minimum absolute atomic E-state index is 0.179. The van der Waals surface area contributed by atoms with Crippen LogP contribution in [0.1, 0.15) is 13.3 Å². The molecule has 0 spiro atoms. The Bertz CT molecular complexity index is 909. The highest BCUT2D eigenvalue weighted by Gasteiger charge is 2.31. The number of halogens is 1. The molecule has 2 aromatic rings. The second-order valence-corrected chi connectivity index (χ2v) is 8.00.